The maximum atomic E-state index is 11.2. The topological polar surface area (TPSA) is 50.2 Å². The molecule has 0 saturated carbocycles. The highest BCUT2D eigenvalue weighted by Crippen LogP contribution is 2.29. The number of aliphatic carboxylic acids is 1. The monoisotopic (exact) mass is 285 g/mol. The molecule has 0 fully saturated rings. The van der Waals surface area contributed by atoms with Gasteiger partial charge in [0, 0.05) is 16.9 Å². The first kappa shape index (κ1) is 13.2. The van der Waals surface area contributed by atoms with Crippen molar-refractivity contribution in [1.82, 2.24) is 4.98 Å². The molecule has 0 radical (unpaired) electrons. The molecular formula is C12H16BrNO2. The molecule has 0 amide bonds. The minimum absolute atomic E-state index is 0.256. The number of aromatic nitrogens is 1. The highest BCUT2D eigenvalue weighted by Gasteiger charge is 2.31. The Labute approximate surface area is 104 Å². The zero-order valence-corrected chi connectivity index (χ0v) is 11.3. The average Bonchev–Trinajstić information content (AvgIpc) is 2.12. The van der Waals surface area contributed by atoms with Gasteiger partial charge in [0.05, 0.1) is 5.92 Å². The lowest BCUT2D eigenvalue weighted by Crippen LogP contribution is -2.30. The molecule has 3 nitrogen and oxygen atoms in total. The second-order valence-electron chi connectivity index (χ2n) is 4.97. The first-order valence-electron chi connectivity index (χ1n) is 5.13. The summed E-state index contributed by atoms with van der Waals surface area (Å²) in [5.74, 6) is -1.16. The number of carbonyl (C=O) groups is 1. The maximum absolute atomic E-state index is 11.2. The predicted molar refractivity (Wildman–Crippen MR) is 66.2 cm³/mol. The Morgan fingerprint density at radius 3 is 2.56 bits per heavy atom. The van der Waals surface area contributed by atoms with Crippen LogP contribution in [0, 0.1) is 11.3 Å². The molecule has 0 aliphatic rings. The van der Waals surface area contributed by atoms with E-state index in [1.54, 1.807) is 12.4 Å². The zero-order chi connectivity index (χ0) is 12.3. The molecule has 0 saturated heterocycles. The smallest absolute Gasteiger partial charge is 0.307 e. The fourth-order valence-electron chi connectivity index (χ4n) is 1.57. The summed E-state index contributed by atoms with van der Waals surface area (Å²) in [6, 6.07) is 1.91. The van der Waals surface area contributed by atoms with Crippen molar-refractivity contribution in [3.05, 3.63) is 28.5 Å². The van der Waals surface area contributed by atoms with E-state index in [0.717, 1.165) is 10.0 Å². The van der Waals surface area contributed by atoms with Crippen LogP contribution < -0.4 is 0 Å². The Morgan fingerprint density at radius 1 is 1.50 bits per heavy atom. The van der Waals surface area contributed by atoms with Gasteiger partial charge in [-0.05, 0) is 39.4 Å². The molecule has 0 aromatic carbocycles. The summed E-state index contributed by atoms with van der Waals surface area (Å²) < 4.78 is 0.878. The SMILES string of the molecule is CC(C)(C)C(Cc1cncc(Br)c1)C(=O)O. The van der Waals surface area contributed by atoms with E-state index in [1.807, 2.05) is 26.8 Å². The second-order valence-corrected chi connectivity index (χ2v) is 5.89. The highest BCUT2D eigenvalue weighted by atomic mass is 79.9. The Bertz CT molecular complexity index is 385. The third kappa shape index (κ3) is 3.59. The van der Waals surface area contributed by atoms with E-state index in [0.29, 0.717) is 6.42 Å². The van der Waals surface area contributed by atoms with Gasteiger partial charge in [-0.3, -0.25) is 9.78 Å². The molecule has 1 unspecified atom stereocenters. The van der Waals surface area contributed by atoms with Gasteiger partial charge in [-0.2, -0.15) is 0 Å². The van der Waals surface area contributed by atoms with Crippen LogP contribution in [0.1, 0.15) is 26.3 Å². The Hall–Kier alpha value is -0.900. The van der Waals surface area contributed by atoms with Gasteiger partial charge < -0.3 is 5.11 Å². The average molecular weight is 286 g/mol. The summed E-state index contributed by atoms with van der Waals surface area (Å²) in [6.07, 6.45) is 3.91. The molecule has 1 aromatic rings. The Kier molecular flexibility index (Phi) is 4.08. The van der Waals surface area contributed by atoms with Crippen molar-refractivity contribution in [3.8, 4) is 0 Å². The van der Waals surface area contributed by atoms with Crippen molar-refractivity contribution >= 4 is 21.9 Å². The number of hydrogen-bond acceptors (Lipinski definition) is 2. The van der Waals surface area contributed by atoms with Gasteiger partial charge in [-0.25, -0.2) is 0 Å². The van der Waals surface area contributed by atoms with Crippen LogP contribution in [0.5, 0.6) is 0 Å². The van der Waals surface area contributed by atoms with E-state index in [-0.39, 0.29) is 5.41 Å². The van der Waals surface area contributed by atoms with Gasteiger partial charge in [0.15, 0.2) is 0 Å². The molecule has 88 valence electrons. The van der Waals surface area contributed by atoms with Crippen LogP contribution in [0.15, 0.2) is 22.9 Å². The summed E-state index contributed by atoms with van der Waals surface area (Å²) in [5, 5.41) is 9.21. The Balaban J connectivity index is 2.89. The Morgan fingerprint density at radius 2 is 2.12 bits per heavy atom. The van der Waals surface area contributed by atoms with Crippen molar-refractivity contribution in [2.75, 3.05) is 0 Å². The van der Waals surface area contributed by atoms with E-state index in [9.17, 15) is 9.90 Å². The normalized spacial score (nSPS) is 13.5. The van der Waals surface area contributed by atoms with E-state index < -0.39 is 11.9 Å². The molecule has 1 heterocycles. The molecule has 1 rings (SSSR count). The van der Waals surface area contributed by atoms with E-state index in [2.05, 4.69) is 20.9 Å². The molecule has 0 aliphatic heterocycles. The molecule has 1 aromatic heterocycles. The third-order valence-electron chi connectivity index (χ3n) is 2.54. The summed E-state index contributed by atoms with van der Waals surface area (Å²) in [4.78, 5) is 15.2. The predicted octanol–water partition coefficient (Wildman–Crippen LogP) is 3.13. The van der Waals surface area contributed by atoms with Gasteiger partial charge in [-0.1, -0.05) is 20.8 Å². The van der Waals surface area contributed by atoms with E-state index in [1.165, 1.54) is 0 Å². The zero-order valence-electron chi connectivity index (χ0n) is 9.70. The van der Waals surface area contributed by atoms with Gasteiger partial charge in [0.25, 0.3) is 0 Å². The minimum Gasteiger partial charge on any atom is -0.481 e. The van der Waals surface area contributed by atoms with Crippen LogP contribution in [0.3, 0.4) is 0 Å². The number of pyridine rings is 1. The minimum atomic E-state index is -0.757. The standard InChI is InChI=1S/C12H16BrNO2/c1-12(2,3)10(11(15)16)5-8-4-9(13)7-14-6-8/h4,6-7,10H,5H2,1-3H3,(H,15,16). The quantitative estimate of drug-likeness (QED) is 0.928. The van der Waals surface area contributed by atoms with Crippen LogP contribution in [0.2, 0.25) is 0 Å². The van der Waals surface area contributed by atoms with Gasteiger partial charge in [-0.15, -0.1) is 0 Å². The van der Waals surface area contributed by atoms with Crippen LogP contribution in [0.25, 0.3) is 0 Å². The van der Waals surface area contributed by atoms with Crippen LogP contribution in [-0.2, 0) is 11.2 Å². The van der Waals surface area contributed by atoms with Crippen molar-refractivity contribution in [2.45, 2.75) is 27.2 Å². The number of halogens is 1. The maximum Gasteiger partial charge on any atom is 0.307 e. The number of carboxylic acid groups (broad SMARTS) is 1. The number of carboxylic acids is 1. The first-order valence-corrected chi connectivity index (χ1v) is 5.92. The fourth-order valence-corrected chi connectivity index (χ4v) is 1.98. The van der Waals surface area contributed by atoms with Crippen molar-refractivity contribution < 1.29 is 9.90 Å². The third-order valence-corrected chi connectivity index (χ3v) is 2.98. The van der Waals surface area contributed by atoms with Gasteiger partial charge in [0.1, 0.15) is 0 Å². The summed E-state index contributed by atoms with van der Waals surface area (Å²) in [7, 11) is 0. The number of nitrogens with zero attached hydrogens (tertiary/aromatic N) is 1. The van der Waals surface area contributed by atoms with Crippen molar-refractivity contribution in [3.63, 3.8) is 0 Å². The lowest BCUT2D eigenvalue weighted by molar-refractivity contribution is -0.145. The summed E-state index contributed by atoms with van der Waals surface area (Å²) >= 11 is 3.33. The van der Waals surface area contributed by atoms with Crippen molar-refractivity contribution in [1.29, 1.82) is 0 Å². The molecular weight excluding hydrogens is 270 g/mol. The van der Waals surface area contributed by atoms with Crippen molar-refractivity contribution in [2.24, 2.45) is 11.3 Å². The molecule has 1 atom stereocenters. The molecule has 0 spiro atoms. The highest BCUT2D eigenvalue weighted by molar-refractivity contribution is 9.10. The summed E-state index contributed by atoms with van der Waals surface area (Å²) in [5.41, 5.74) is 0.686. The molecule has 1 N–H and O–H groups in total. The summed E-state index contributed by atoms with van der Waals surface area (Å²) in [6.45, 7) is 5.82. The van der Waals surface area contributed by atoms with E-state index in [4.69, 9.17) is 0 Å². The molecule has 16 heavy (non-hydrogen) atoms. The van der Waals surface area contributed by atoms with Gasteiger partial charge in [0.2, 0.25) is 0 Å². The molecule has 0 aliphatic carbocycles. The number of rotatable bonds is 3. The molecule has 4 heteroatoms. The van der Waals surface area contributed by atoms with Crippen LogP contribution in [-0.4, -0.2) is 16.1 Å². The first-order chi connectivity index (χ1) is 7.30. The lowest BCUT2D eigenvalue weighted by Gasteiger charge is -2.27. The largest absolute Gasteiger partial charge is 0.481 e. The van der Waals surface area contributed by atoms with Crippen LogP contribution in [0.4, 0.5) is 0 Å². The number of hydrogen-bond donors (Lipinski definition) is 1. The second kappa shape index (κ2) is 4.95. The van der Waals surface area contributed by atoms with Gasteiger partial charge >= 0.3 is 5.97 Å². The van der Waals surface area contributed by atoms with Crippen LogP contribution >= 0.6 is 15.9 Å². The van der Waals surface area contributed by atoms with E-state index >= 15 is 0 Å². The lowest BCUT2D eigenvalue weighted by atomic mass is 9.77. The molecule has 0 bridgehead atoms. The fraction of sp³-hybridized carbons (Fsp3) is 0.500.